The monoisotopic (exact) mass is 295 g/mol. The maximum atomic E-state index is 3.71. The van der Waals surface area contributed by atoms with Gasteiger partial charge in [-0.3, -0.25) is 0 Å². The normalized spacial score (nSPS) is 27.8. The summed E-state index contributed by atoms with van der Waals surface area (Å²) in [7, 11) is 0. The second-order valence-electron chi connectivity index (χ2n) is 5.22. The molecule has 1 fully saturated rings. The Kier molecular flexibility index (Phi) is 4.26. The standard InChI is InChI=1S/C15H22BrN/c1-3-12-9-15(10-12,11-17-4-2)13-7-5-6-8-14(13)16/h5-8,12,17H,3-4,9-11H2,1-2H3. The van der Waals surface area contributed by atoms with Crippen LogP contribution in [0.1, 0.15) is 38.7 Å². The second-order valence-corrected chi connectivity index (χ2v) is 6.08. The van der Waals surface area contributed by atoms with Crippen LogP contribution in [0.15, 0.2) is 28.7 Å². The van der Waals surface area contributed by atoms with Gasteiger partial charge in [0.05, 0.1) is 0 Å². The summed E-state index contributed by atoms with van der Waals surface area (Å²) in [5, 5.41) is 3.54. The van der Waals surface area contributed by atoms with Crippen molar-refractivity contribution < 1.29 is 0 Å². The zero-order valence-corrected chi connectivity index (χ0v) is 12.4. The van der Waals surface area contributed by atoms with Gasteiger partial charge in [-0.15, -0.1) is 0 Å². The molecule has 1 nitrogen and oxygen atoms in total. The fraction of sp³-hybridized carbons (Fsp3) is 0.600. The molecule has 0 unspecified atom stereocenters. The Hall–Kier alpha value is -0.340. The van der Waals surface area contributed by atoms with Crippen LogP contribution in [0, 0.1) is 5.92 Å². The Bertz CT molecular complexity index is 363. The van der Waals surface area contributed by atoms with E-state index in [2.05, 4.69) is 59.4 Å². The lowest BCUT2D eigenvalue weighted by Gasteiger charge is -2.49. The Balaban J connectivity index is 2.20. The Morgan fingerprint density at radius 2 is 2.00 bits per heavy atom. The Morgan fingerprint density at radius 3 is 2.59 bits per heavy atom. The molecule has 2 rings (SSSR count). The van der Waals surface area contributed by atoms with E-state index in [-0.39, 0.29) is 0 Å². The highest BCUT2D eigenvalue weighted by Gasteiger charge is 2.44. The summed E-state index contributed by atoms with van der Waals surface area (Å²) < 4.78 is 1.27. The van der Waals surface area contributed by atoms with Crippen LogP contribution < -0.4 is 5.32 Å². The molecule has 1 aliphatic rings. The molecule has 17 heavy (non-hydrogen) atoms. The second kappa shape index (κ2) is 5.53. The molecule has 0 spiro atoms. The van der Waals surface area contributed by atoms with Gasteiger partial charge in [-0.05, 0) is 36.9 Å². The number of hydrogen-bond acceptors (Lipinski definition) is 1. The molecule has 1 aromatic carbocycles. The third-order valence-electron chi connectivity index (χ3n) is 4.09. The van der Waals surface area contributed by atoms with Crippen LogP contribution in [0.2, 0.25) is 0 Å². The Morgan fingerprint density at radius 1 is 1.29 bits per heavy atom. The van der Waals surface area contributed by atoms with Crippen LogP contribution in [0.4, 0.5) is 0 Å². The van der Waals surface area contributed by atoms with Crippen LogP contribution in [0.25, 0.3) is 0 Å². The first-order valence-electron chi connectivity index (χ1n) is 6.67. The van der Waals surface area contributed by atoms with Crippen LogP contribution >= 0.6 is 15.9 Å². The van der Waals surface area contributed by atoms with Gasteiger partial charge in [-0.1, -0.05) is 54.4 Å². The average molecular weight is 296 g/mol. The number of nitrogens with one attached hydrogen (secondary N) is 1. The molecule has 0 heterocycles. The zero-order valence-electron chi connectivity index (χ0n) is 10.8. The van der Waals surface area contributed by atoms with E-state index in [9.17, 15) is 0 Å². The van der Waals surface area contributed by atoms with Crippen LogP contribution in [0.3, 0.4) is 0 Å². The molecule has 0 radical (unpaired) electrons. The summed E-state index contributed by atoms with van der Waals surface area (Å²) in [6.45, 7) is 6.66. The van der Waals surface area contributed by atoms with E-state index in [4.69, 9.17) is 0 Å². The number of benzene rings is 1. The van der Waals surface area contributed by atoms with Crippen molar-refractivity contribution in [2.24, 2.45) is 5.92 Å². The zero-order chi connectivity index (χ0) is 12.3. The third-order valence-corrected chi connectivity index (χ3v) is 4.79. The summed E-state index contributed by atoms with van der Waals surface area (Å²) in [5.74, 6) is 0.917. The molecular formula is C15H22BrN. The first-order valence-corrected chi connectivity index (χ1v) is 7.47. The lowest BCUT2D eigenvalue weighted by atomic mass is 9.58. The maximum absolute atomic E-state index is 3.71. The van der Waals surface area contributed by atoms with Gasteiger partial charge in [0.2, 0.25) is 0 Å². The fourth-order valence-corrected chi connectivity index (χ4v) is 3.75. The van der Waals surface area contributed by atoms with Gasteiger partial charge in [0.1, 0.15) is 0 Å². The number of rotatable bonds is 5. The quantitative estimate of drug-likeness (QED) is 0.862. The summed E-state index contributed by atoms with van der Waals surface area (Å²) >= 11 is 3.71. The van der Waals surface area contributed by atoms with Gasteiger partial charge < -0.3 is 5.32 Å². The van der Waals surface area contributed by atoms with Gasteiger partial charge in [0.15, 0.2) is 0 Å². The largest absolute Gasteiger partial charge is 0.316 e. The van der Waals surface area contributed by atoms with Crippen molar-refractivity contribution >= 4 is 15.9 Å². The van der Waals surface area contributed by atoms with E-state index in [1.807, 2.05) is 0 Å². The molecule has 0 amide bonds. The van der Waals surface area contributed by atoms with Crippen LogP contribution in [-0.4, -0.2) is 13.1 Å². The highest BCUT2D eigenvalue weighted by atomic mass is 79.9. The summed E-state index contributed by atoms with van der Waals surface area (Å²) in [4.78, 5) is 0. The predicted molar refractivity (Wildman–Crippen MR) is 77.4 cm³/mol. The SMILES string of the molecule is CCNCC1(c2ccccc2Br)CC(CC)C1. The molecule has 0 saturated heterocycles. The van der Waals surface area contributed by atoms with Gasteiger partial charge in [-0.2, -0.15) is 0 Å². The van der Waals surface area contributed by atoms with Crippen molar-refractivity contribution in [1.82, 2.24) is 5.32 Å². The molecule has 2 heteroatoms. The number of hydrogen-bond donors (Lipinski definition) is 1. The number of halogens is 1. The third kappa shape index (κ3) is 2.58. The summed E-state index contributed by atoms with van der Waals surface area (Å²) in [5.41, 5.74) is 1.86. The van der Waals surface area contributed by atoms with E-state index >= 15 is 0 Å². The Labute approximate surface area is 113 Å². The molecule has 1 N–H and O–H groups in total. The first-order chi connectivity index (χ1) is 8.22. The molecule has 1 aliphatic carbocycles. The van der Waals surface area contributed by atoms with Gasteiger partial charge >= 0.3 is 0 Å². The minimum atomic E-state index is 0.372. The van der Waals surface area contributed by atoms with E-state index in [0.29, 0.717) is 5.41 Å². The minimum absolute atomic E-state index is 0.372. The highest BCUT2D eigenvalue weighted by molar-refractivity contribution is 9.10. The first kappa shape index (κ1) is 13.1. The summed E-state index contributed by atoms with van der Waals surface area (Å²) in [6.07, 6.45) is 3.98. The van der Waals surface area contributed by atoms with Crippen molar-refractivity contribution in [3.63, 3.8) is 0 Å². The topological polar surface area (TPSA) is 12.0 Å². The van der Waals surface area contributed by atoms with E-state index in [1.54, 1.807) is 0 Å². The minimum Gasteiger partial charge on any atom is -0.316 e. The highest BCUT2D eigenvalue weighted by Crippen LogP contribution is 2.50. The van der Waals surface area contributed by atoms with Crippen molar-refractivity contribution in [2.45, 2.75) is 38.5 Å². The lowest BCUT2D eigenvalue weighted by molar-refractivity contribution is 0.134. The van der Waals surface area contributed by atoms with Crippen molar-refractivity contribution in [3.05, 3.63) is 34.3 Å². The van der Waals surface area contributed by atoms with Crippen LogP contribution in [-0.2, 0) is 5.41 Å². The molecule has 0 bridgehead atoms. The van der Waals surface area contributed by atoms with Crippen molar-refractivity contribution in [1.29, 1.82) is 0 Å². The van der Waals surface area contributed by atoms with Crippen molar-refractivity contribution in [3.8, 4) is 0 Å². The molecule has 0 aliphatic heterocycles. The molecule has 94 valence electrons. The molecule has 0 atom stereocenters. The summed E-state index contributed by atoms with van der Waals surface area (Å²) in [6, 6.07) is 8.72. The maximum Gasteiger partial charge on any atom is 0.0213 e. The van der Waals surface area contributed by atoms with Gasteiger partial charge in [0, 0.05) is 16.4 Å². The lowest BCUT2D eigenvalue weighted by Crippen LogP contribution is -2.48. The average Bonchev–Trinajstić information content (AvgIpc) is 2.30. The van der Waals surface area contributed by atoms with Crippen LogP contribution in [0.5, 0.6) is 0 Å². The van der Waals surface area contributed by atoms with E-state index in [0.717, 1.165) is 19.0 Å². The van der Waals surface area contributed by atoms with E-state index in [1.165, 1.54) is 29.3 Å². The van der Waals surface area contributed by atoms with Gasteiger partial charge in [-0.25, -0.2) is 0 Å². The smallest absolute Gasteiger partial charge is 0.0213 e. The molecule has 1 saturated carbocycles. The van der Waals surface area contributed by atoms with E-state index < -0.39 is 0 Å². The van der Waals surface area contributed by atoms with Crippen molar-refractivity contribution in [2.75, 3.05) is 13.1 Å². The van der Waals surface area contributed by atoms with Gasteiger partial charge in [0.25, 0.3) is 0 Å². The molecule has 1 aromatic rings. The molecular weight excluding hydrogens is 274 g/mol. The predicted octanol–water partition coefficient (Wildman–Crippen LogP) is 4.12. The number of likely N-dealkylation sites (N-methyl/N-ethyl adjacent to an activating group) is 1. The fourth-order valence-electron chi connectivity index (χ4n) is 3.05. The molecule has 0 aromatic heterocycles.